The molecule has 1 heterocycles. The van der Waals surface area contributed by atoms with E-state index in [2.05, 4.69) is 10.6 Å². The third-order valence-electron chi connectivity index (χ3n) is 4.97. The monoisotopic (exact) mass is 446 g/mol. The van der Waals surface area contributed by atoms with E-state index in [0.29, 0.717) is 11.3 Å². The first-order chi connectivity index (χ1) is 15.5. The summed E-state index contributed by atoms with van der Waals surface area (Å²) in [6, 6.07) is 23.6. The average Bonchev–Trinajstić information content (AvgIpc) is 2.80. The minimum absolute atomic E-state index is 0.147. The van der Waals surface area contributed by atoms with Gasteiger partial charge in [-0.1, -0.05) is 60.2 Å². The van der Waals surface area contributed by atoms with Gasteiger partial charge >= 0.3 is 5.97 Å². The lowest BCUT2D eigenvalue weighted by atomic mass is 10.1. The zero-order valence-corrected chi connectivity index (χ0v) is 18.2. The molecule has 4 rings (SSSR count). The topological polar surface area (TPSA) is 84.5 Å². The van der Waals surface area contributed by atoms with Crippen LogP contribution in [0.2, 0.25) is 0 Å². The maximum atomic E-state index is 13.0. The number of carbonyl (C=O) groups excluding carboxylic acids is 3. The zero-order valence-electron chi connectivity index (χ0n) is 17.4. The van der Waals surface area contributed by atoms with Crippen molar-refractivity contribution in [3.8, 4) is 0 Å². The number of aryl methyl sites for hydroxylation is 1. The summed E-state index contributed by atoms with van der Waals surface area (Å²) in [5.74, 6) is -1.34. The SMILES string of the molecule is Cc1ccc(NC(=O)[C@@H](OC(=O)C[C@@H]2Sc3ccccc3NC2=O)c2ccccc2)cc1. The number of thioether (sulfide) groups is 1. The number of para-hydroxylation sites is 1. The summed E-state index contributed by atoms with van der Waals surface area (Å²) in [7, 11) is 0. The molecule has 0 unspecified atom stereocenters. The summed E-state index contributed by atoms with van der Waals surface area (Å²) >= 11 is 1.32. The molecule has 162 valence electrons. The van der Waals surface area contributed by atoms with Crippen molar-refractivity contribution in [1.29, 1.82) is 0 Å². The third kappa shape index (κ3) is 5.18. The van der Waals surface area contributed by atoms with Crippen LogP contribution in [0, 0.1) is 6.92 Å². The van der Waals surface area contributed by atoms with Crippen LogP contribution in [0.4, 0.5) is 11.4 Å². The molecule has 0 radical (unpaired) electrons. The molecule has 2 atom stereocenters. The second kappa shape index (κ2) is 9.70. The summed E-state index contributed by atoms with van der Waals surface area (Å²) in [5.41, 5.74) is 2.96. The Hall–Kier alpha value is -3.58. The van der Waals surface area contributed by atoms with E-state index < -0.39 is 23.2 Å². The molecule has 0 saturated carbocycles. The number of anilines is 2. The molecular formula is C25H22N2O4S. The molecule has 0 bridgehead atoms. The number of fused-ring (bicyclic) bond motifs is 1. The van der Waals surface area contributed by atoms with Crippen molar-refractivity contribution >= 4 is 40.9 Å². The lowest BCUT2D eigenvalue weighted by Gasteiger charge is -2.24. The summed E-state index contributed by atoms with van der Waals surface area (Å²) < 4.78 is 5.59. The van der Waals surface area contributed by atoms with E-state index in [-0.39, 0.29) is 12.3 Å². The molecule has 6 nitrogen and oxygen atoms in total. The number of amides is 2. The minimum Gasteiger partial charge on any atom is -0.447 e. The fourth-order valence-electron chi connectivity index (χ4n) is 3.30. The molecule has 3 aromatic rings. The number of esters is 1. The Morgan fingerprint density at radius 1 is 1.00 bits per heavy atom. The van der Waals surface area contributed by atoms with E-state index in [1.165, 1.54) is 11.8 Å². The molecule has 32 heavy (non-hydrogen) atoms. The van der Waals surface area contributed by atoms with Gasteiger partial charge in [-0.25, -0.2) is 0 Å². The van der Waals surface area contributed by atoms with Crippen LogP contribution in [-0.2, 0) is 19.1 Å². The second-order valence-electron chi connectivity index (χ2n) is 7.43. The van der Waals surface area contributed by atoms with Crippen molar-refractivity contribution in [2.45, 2.75) is 29.6 Å². The smallest absolute Gasteiger partial charge is 0.308 e. The number of ether oxygens (including phenoxy) is 1. The van der Waals surface area contributed by atoms with Gasteiger partial charge in [0, 0.05) is 16.1 Å². The number of hydrogen-bond donors (Lipinski definition) is 2. The molecule has 2 amide bonds. The standard InChI is InChI=1S/C25H22N2O4S/c1-16-11-13-18(14-12-16)26-25(30)23(17-7-3-2-4-8-17)31-22(28)15-21-24(29)27-19-9-5-6-10-20(19)32-21/h2-14,21,23H,15H2,1H3,(H,26,30)(H,27,29)/t21-,23-/m0/s1. The lowest BCUT2D eigenvalue weighted by molar-refractivity contribution is -0.155. The Labute approximate surface area is 190 Å². The molecule has 0 aliphatic carbocycles. The summed E-state index contributed by atoms with van der Waals surface area (Å²) in [5, 5.41) is 4.98. The van der Waals surface area contributed by atoms with Crippen molar-refractivity contribution in [1.82, 2.24) is 0 Å². The van der Waals surface area contributed by atoms with Crippen LogP contribution < -0.4 is 10.6 Å². The van der Waals surface area contributed by atoms with Gasteiger partial charge in [0.15, 0.2) is 0 Å². The predicted molar refractivity (Wildman–Crippen MR) is 124 cm³/mol. The van der Waals surface area contributed by atoms with E-state index >= 15 is 0 Å². The number of carbonyl (C=O) groups is 3. The van der Waals surface area contributed by atoms with E-state index in [4.69, 9.17) is 4.74 Å². The summed E-state index contributed by atoms with van der Waals surface area (Å²) in [4.78, 5) is 39.1. The molecule has 0 saturated heterocycles. The van der Waals surface area contributed by atoms with E-state index in [9.17, 15) is 14.4 Å². The molecule has 1 aliphatic rings. The van der Waals surface area contributed by atoms with Crippen LogP contribution in [0.15, 0.2) is 83.8 Å². The Balaban J connectivity index is 1.47. The van der Waals surface area contributed by atoms with Crippen LogP contribution in [0.25, 0.3) is 0 Å². The maximum absolute atomic E-state index is 13.0. The molecule has 2 N–H and O–H groups in total. The lowest BCUT2D eigenvalue weighted by Crippen LogP contribution is -2.33. The molecule has 3 aromatic carbocycles. The normalized spacial score (nSPS) is 15.8. The van der Waals surface area contributed by atoms with Crippen molar-refractivity contribution < 1.29 is 19.1 Å². The third-order valence-corrected chi connectivity index (χ3v) is 6.24. The fourth-order valence-corrected chi connectivity index (χ4v) is 4.40. The van der Waals surface area contributed by atoms with Crippen LogP contribution in [0.1, 0.15) is 23.7 Å². The number of hydrogen-bond acceptors (Lipinski definition) is 5. The largest absolute Gasteiger partial charge is 0.447 e. The van der Waals surface area contributed by atoms with Gasteiger partial charge in [0.05, 0.1) is 17.4 Å². The second-order valence-corrected chi connectivity index (χ2v) is 8.68. The van der Waals surface area contributed by atoms with E-state index in [1.807, 2.05) is 49.4 Å². The first-order valence-corrected chi connectivity index (χ1v) is 11.1. The Kier molecular flexibility index (Phi) is 6.56. The Morgan fingerprint density at radius 3 is 2.44 bits per heavy atom. The maximum Gasteiger partial charge on any atom is 0.308 e. The Morgan fingerprint density at radius 2 is 1.69 bits per heavy atom. The van der Waals surface area contributed by atoms with Gasteiger partial charge in [0.25, 0.3) is 5.91 Å². The van der Waals surface area contributed by atoms with Gasteiger partial charge in [-0.05, 0) is 31.2 Å². The van der Waals surface area contributed by atoms with Gasteiger partial charge in [0.1, 0.15) is 0 Å². The van der Waals surface area contributed by atoms with Gasteiger partial charge in [0.2, 0.25) is 12.0 Å². The highest BCUT2D eigenvalue weighted by Crippen LogP contribution is 2.37. The highest BCUT2D eigenvalue weighted by atomic mass is 32.2. The summed E-state index contributed by atoms with van der Waals surface area (Å²) in [6.45, 7) is 1.96. The molecule has 0 fully saturated rings. The van der Waals surface area contributed by atoms with Crippen molar-refractivity contribution in [2.75, 3.05) is 10.6 Å². The number of nitrogens with one attached hydrogen (secondary N) is 2. The number of rotatable bonds is 6. The molecular weight excluding hydrogens is 424 g/mol. The van der Waals surface area contributed by atoms with Crippen LogP contribution >= 0.6 is 11.8 Å². The fraction of sp³-hybridized carbons (Fsp3) is 0.160. The van der Waals surface area contributed by atoms with E-state index in [1.54, 1.807) is 36.4 Å². The van der Waals surface area contributed by atoms with Gasteiger partial charge in [-0.15, -0.1) is 11.8 Å². The first kappa shape index (κ1) is 21.6. The predicted octanol–water partition coefficient (Wildman–Crippen LogP) is 4.72. The van der Waals surface area contributed by atoms with Gasteiger partial charge in [-0.3, -0.25) is 14.4 Å². The molecule has 7 heteroatoms. The highest BCUT2D eigenvalue weighted by molar-refractivity contribution is 8.01. The molecule has 1 aliphatic heterocycles. The van der Waals surface area contributed by atoms with Crippen LogP contribution in [0.3, 0.4) is 0 Å². The van der Waals surface area contributed by atoms with Crippen LogP contribution in [0.5, 0.6) is 0 Å². The molecule has 0 aromatic heterocycles. The zero-order chi connectivity index (χ0) is 22.5. The van der Waals surface area contributed by atoms with Crippen molar-refractivity contribution in [3.63, 3.8) is 0 Å². The van der Waals surface area contributed by atoms with Crippen molar-refractivity contribution in [3.05, 3.63) is 90.0 Å². The van der Waals surface area contributed by atoms with Gasteiger partial charge in [-0.2, -0.15) is 0 Å². The molecule has 0 spiro atoms. The number of benzene rings is 3. The first-order valence-electron chi connectivity index (χ1n) is 10.2. The van der Waals surface area contributed by atoms with E-state index in [0.717, 1.165) is 16.1 Å². The van der Waals surface area contributed by atoms with Crippen molar-refractivity contribution in [2.24, 2.45) is 0 Å². The minimum atomic E-state index is -1.13. The average molecular weight is 447 g/mol. The highest BCUT2D eigenvalue weighted by Gasteiger charge is 2.32. The quantitative estimate of drug-likeness (QED) is 0.535. The summed E-state index contributed by atoms with van der Waals surface area (Å²) in [6.07, 6.45) is -1.28. The van der Waals surface area contributed by atoms with Gasteiger partial charge < -0.3 is 15.4 Å². The Bertz CT molecular complexity index is 1130. The van der Waals surface area contributed by atoms with Crippen LogP contribution in [-0.4, -0.2) is 23.0 Å².